The van der Waals surface area contributed by atoms with E-state index >= 15 is 0 Å². The van der Waals surface area contributed by atoms with Gasteiger partial charge in [-0.05, 0) is 144 Å². The number of ether oxygens (including phenoxy) is 2. The van der Waals surface area contributed by atoms with E-state index < -0.39 is 11.9 Å². The summed E-state index contributed by atoms with van der Waals surface area (Å²) in [5.74, 6) is 2.50. The summed E-state index contributed by atoms with van der Waals surface area (Å²) in [7, 11) is 3.93. The second kappa shape index (κ2) is 33.1. The first-order valence-electron chi connectivity index (χ1n) is 30.3. The van der Waals surface area contributed by atoms with Crippen LogP contribution in [0.2, 0.25) is 0 Å². The maximum absolute atomic E-state index is 11.6. The number of aliphatic carboxylic acids is 2. The van der Waals surface area contributed by atoms with Crippen molar-refractivity contribution in [2.45, 2.75) is 130 Å². The van der Waals surface area contributed by atoms with Crippen molar-refractivity contribution < 1.29 is 29.3 Å². The van der Waals surface area contributed by atoms with Crippen LogP contribution in [0.15, 0.2) is 170 Å². The summed E-state index contributed by atoms with van der Waals surface area (Å²) >= 11 is 3.35. The minimum atomic E-state index is -1.10. The number of carboxylic acid groups (broad SMARTS) is 2. The number of carboxylic acids is 2. The number of nitrogens with zero attached hydrogens (tertiary/aromatic N) is 6. The SMILES string of the molecule is CCCC(CCC)c1ccc(OCc2ccc(-c3ccc(CN(CC(=O)[O-])Cc4nc5ccccc5n4C)s3)cc2)cc1.CCCC(CCC)c1ccc(OCc2ccc(-c3ccc(CN(CC(=O)[O-])Cc4nc5ccccc5n4C)s3)cc2)cc1.[Ca+2]. The van der Waals surface area contributed by atoms with Gasteiger partial charge in [-0.1, -0.05) is 150 Å². The molecule has 0 aliphatic heterocycles. The van der Waals surface area contributed by atoms with Gasteiger partial charge < -0.3 is 38.4 Å². The van der Waals surface area contributed by atoms with Crippen molar-refractivity contribution in [1.29, 1.82) is 0 Å². The molecule has 4 aromatic heterocycles. The molecular formula is C72H80CaN6O6S2. The summed E-state index contributed by atoms with van der Waals surface area (Å²) in [4.78, 5) is 40.7. The van der Waals surface area contributed by atoms with Crippen molar-refractivity contribution in [3.8, 4) is 32.4 Å². The molecule has 0 spiro atoms. The number of imidazole rings is 2. The third kappa shape index (κ3) is 18.7. The van der Waals surface area contributed by atoms with Gasteiger partial charge >= 0.3 is 37.7 Å². The topological polar surface area (TPSA) is 141 Å². The van der Waals surface area contributed by atoms with Crippen LogP contribution in [0.1, 0.15) is 135 Å². The average Bonchev–Trinajstić information content (AvgIpc) is 4.12. The van der Waals surface area contributed by atoms with Gasteiger partial charge in [0.15, 0.2) is 0 Å². The van der Waals surface area contributed by atoms with Gasteiger partial charge in [0.25, 0.3) is 0 Å². The first-order valence-corrected chi connectivity index (χ1v) is 32.0. The second-order valence-corrected chi connectivity index (χ2v) is 24.7. The van der Waals surface area contributed by atoms with E-state index in [1.165, 1.54) is 62.5 Å². The van der Waals surface area contributed by atoms with E-state index in [1.54, 1.807) is 22.7 Å². The molecule has 6 aromatic carbocycles. The summed E-state index contributed by atoms with van der Waals surface area (Å²) in [6.07, 6.45) is 9.73. The molecule has 10 aromatic rings. The third-order valence-electron chi connectivity index (χ3n) is 15.8. The van der Waals surface area contributed by atoms with Gasteiger partial charge in [-0.2, -0.15) is 0 Å². The number of fused-ring (bicyclic) bond motifs is 2. The van der Waals surface area contributed by atoms with Crippen LogP contribution < -0.4 is 19.7 Å². The average molecular weight is 1230 g/mol. The number of hydrogen-bond donors (Lipinski definition) is 0. The molecule has 10 rings (SSSR count). The van der Waals surface area contributed by atoms with Gasteiger partial charge in [-0.3, -0.25) is 9.80 Å². The number of carbonyl (C=O) groups excluding carboxylic acids is 2. The number of carbonyl (C=O) groups is 2. The van der Waals surface area contributed by atoms with Gasteiger partial charge in [0, 0.05) is 59.8 Å². The molecule has 0 aliphatic carbocycles. The summed E-state index contributed by atoms with van der Waals surface area (Å²) in [5, 5.41) is 23.1. The van der Waals surface area contributed by atoms with Gasteiger partial charge in [0.1, 0.15) is 36.4 Å². The minimum absolute atomic E-state index is 0. The van der Waals surface area contributed by atoms with Gasteiger partial charge in [-0.25, -0.2) is 9.97 Å². The van der Waals surface area contributed by atoms with Crippen LogP contribution in [-0.2, 0) is 63.1 Å². The molecule has 15 heteroatoms. The Bertz CT molecular complexity index is 3490. The Balaban J connectivity index is 0.000000223. The number of thiophene rings is 2. The van der Waals surface area contributed by atoms with E-state index in [-0.39, 0.29) is 50.8 Å². The molecule has 448 valence electrons. The molecular weight excluding hydrogens is 1150 g/mol. The van der Waals surface area contributed by atoms with Gasteiger partial charge in [0.2, 0.25) is 0 Å². The molecule has 0 unspecified atom stereocenters. The Kier molecular flexibility index (Phi) is 25.2. The van der Waals surface area contributed by atoms with E-state index in [1.807, 2.05) is 81.6 Å². The van der Waals surface area contributed by atoms with Crippen LogP contribution in [0, 0.1) is 0 Å². The maximum Gasteiger partial charge on any atom is 2.00 e. The molecule has 0 N–H and O–H groups in total. The molecule has 0 fully saturated rings. The molecule has 0 radical (unpaired) electrons. The van der Waals surface area contributed by atoms with Crippen molar-refractivity contribution in [1.82, 2.24) is 28.9 Å². The normalized spacial score (nSPS) is 11.4. The number of hydrogen-bond acceptors (Lipinski definition) is 12. The van der Waals surface area contributed by atoms with E-state index in [9.17, 15) is 19.8 Å². The van der Waals surface area contributed by atoms with Gasteiger partial charge in [-0.15, -0.1) is 22.7 Å². The van der Waals surface area contributed by atoms with E-state index in [2.05, 4.69) is 149 Å². The fraction of sp³-hybridized carbons (Fsp3) is 0.333. The standard InChI is InChI=1S/2C36H41N3O3S.Ca/c2*1-4-8-27(9-5-2)28-16-18-30(19-17-28)42-25-26-12-14-29(15-13-26)34-21-20-31(43-34)22-39(24-36(40)41)23-35-37-32-10-6-7-11-33(32)38(35)3;/h2*6-7,10-21,27H,4-5,8-9,22-25H2,1-3H3,(H,40,41);/q;;+2/p-2. The molecule has 87 heavy (non-hydrogen) atoms. The molecule has 0 bridgehead atoms. The quantitative estimate of drug-likeness (QED) is 0.0400. The van der Waals surface area contributed by atoms with Crippen molar-refractivity contribution in [3.63, 3.8) is 0 Å². The Morgan fingerprint density at radius 1 is 0.471 bits per heavy atom. The minimum Gasteiger partial charge on any atom is -0.549 e. The van der Waals surface area contributed by atoms with Crippen LogP contribution in [-0.4, -0.2) is 91.7 Å². The van der Waals surface area contributed by atoms with Crippen LogP contribution in [0.4, 0.5) is 0 Å². The molecule has 0 atom stereocenters. The fourth-order valence-corrected chi connectivity index (χ4v) is 13.4. The van der Waals surface area contributed by atoms with E-state index in [0.29, 0.717) is 51.2 Å². The molecule has 12 nitrogen and oxygen atoms in total. The maximum atomic E-state index is 11.6. The Labute approximate surface area is 551 Å². The van der Waals surface area contributed by atoms with Crippen LogP contribution in [0.3, 0.4) is 0 Å². The number of aryl methyl sites for hydroxylation is 2. The first kappa shape index (κ1) is 66.3. The molecule has 0 aliphatic rings. The fourth-order valence-electron chi connectivity index (χ4n) is 11.3. The first-order chi connectivity index (χ1) is 41.9. The summed E-state index contributed by atoms with van der Waals surface area (Å²) in [6, 6.07) is 58.4. The van der Waals surface area contributed by atoms with Crippen molar-refractivity contribution in [3.05, 3.63) is 214 Å². The van der Waals surface area contributed by atoms with Crippen LogP contribution in [0.5, 0.6) is 11.5 Å². The summed E-state index contributed by atoms with van der Waals surface area (Å²) in [5.41, 5.74) is 11.2. The third-order valence-corrected chi connectivity index (χ3v) is 18.1. The number of aromatic nitrogens is 4. The summed E-state index contributed by atoms with van der Waals surface area (Å²) < 4.78 is 16.2. The number of para-hydroxylation sites is 4. The Morgan fingerprint density at radius 3 is 1.16 bits per heavy atom. The van der Waals surface area contributed by atoms with Crippen molar-refractivity contribution in [2.75, 3.05) is 13.1 Å². The number of benzene rings is 6. The van der Waals surface area contributed by atoms with Crippen molar-refractivity contribution in [2.24, 2.45) is 14.1 Å². The largest absolute Gasteiger partial charge is 2.00 e. The zero-order valence-corrected chi connectivity index (χ0v) is 55.1. The Morgan fingerprint density at radius 2 is 0.828 bits per heavy atom. The predicted octanol–water partition coefficient (Wildman–Crippen LogP) is 14.3. The predicted molar refractivity (Wildman–Crippen MR) is 352 cm³/mol. The van der Waals surface area contributed by atoms with Crippen molar-refractivity contribution >= 4 is 94.4 Å². The van der Waals surface area contributed by atoms with Crippen LogP contribution in [0.25, 0.3) is 42.9 Å². The zero-order chi connectivity index (χ0) is 60.4. The van der Waals surface area contributed by atoms with E-state index in [0.717, 1.165) is 87.0 Å². The molecule has 0 saturated heterocycles. The van der Waals surface area contributed by atoms with E-state index in [4.69, 9.17) is 19.4 Å². The smallest absolute Gasteiger partial charge is 0.549 e. The summed E-state index contributed by atoms with van der Waals surface area (Å²) in [6.45, 7) is 11.6. The molecule has 4 heterocycles. The van der Waals surface area contributed by atoms with Gasteiger partial charge in [0.05, 0.1) is 47.1 Å². The monoisotopic (exact) mass is 1230 g/mol. The molecule has 0 saturated carbocycles. The van der Waals surface area contributed by atoms with Crippen LogP contribution >= 0.6 is 22.7 Å². The molecule has 0 amide bonds. The Hall–Kier alpha value is -6.62. The zero-order valence-electron chi connectivity index (χ0n) is 51.3. The number of rotatable bonds is 30. The second-order valence-electron chi connectivity index (χ2n) is 22.4.